The minimum Gasteiger partial charge on any atom is -0.370 e. The Bertz CT molecular complexity index is 398. The Morgan fingerprint density at radius 1 is 1.28 bits per heavy atom. The van der Waals surface area contributed by atoms with Gasteiger partial charge in [0.1, 0.15) is 6.61 Å². The first-order valence-corrected chi connectivity index (χ1v) is 5.88. The van der Waals surface area contributed by atoms with Crippen LogP contribution in [0, 0.1) is 0 Å². The number of ether oxygens (including phenoxy) is 1. The number of nitrogens with two attached hydrogens (primary N) is 1. The van der Waals surface area contributed by atoms with Gasteiger partial charge in [-0.15, -0.1) is 0 Å². The van der Waals surface area contributed by atoms with Gasteiger partial charge in [-0.1, -0.05) is 35.3 Å². The Hall–Kier alpha value is -0.490. The van der Waals surface area contributed by atoms with Crippen LogP contribution in [0.5, 0.6) is 0 Å². The van der Waals surface area contributed by atoms with Crippen molar-refractivity contribution < 1.29 is 17.9 Å². The zero-order valence-corrected chi connectivity index (χ0v) is 10.8. The van der Waals surface area contributed by atoms with Gasteiger partial charge in [-0.2, -0.15) is 13.2 Å². The molecule has 7 heteroatoms. The first-order valence-electron chi connectivity index (χ1n) is 5.12. The van der Waals surface area contributed by atoms with E-state index in [1.165, 1.54) is 0 Å². The summed E-state index contributed by atoms with van der Waals surface area (Å²) in [4.78, 5) is 0. The number of benzene rings is 1. The minimum atomic E-state index is -4.34. The molecular formula is C11H12Cl2F3NO. The van der Waals surface area contributed by atoms with Crippen molar-refractivity contribution >= 4 is 23.2 Å². The Morgan fingerprint density at radius 3 is 2.56 bits per heavy atom. The highest BCUT2D eigenvalue weighted by molar-refractivity contribution is 6.42. The van der Waals surface area contributed by atoms with E-state index in [-0.39, 0.29) is 6.61 Å². The smallest absolute Gasteiger partial charge is 0.370 e. The average molecular weight is 302 g/mol. The molecule has 2 nitrogen and oxygen atoms in total. The molecule has 0 aliphatic heterocycles. The molecule has 1 aromatic carbocycles. The predicted molar refractivity (Wildman–Crippen MR) is 65.0 cm³/mol. The van der Waals surface area contributed by atoms with Gasteiger partial charge in [-0.25, -0.2) is 0 Å². The number of alkyl halides is 3. The van der Waals surface area contributed by atoms with Crippen LogP contribution < -0.4 is 5.73 Å². The molecule has 0 radical (unpaired) electrons. The van der Waals surface area contributed by atoms with Gasteiger partial charge in [-0.05, 0) is 18.1 Å². The summed E-state index contributed by atoms with van der Waals surface area (Å²) in [6.45, 7) is -1.49. The van der Waals surface area contributed by atoms with Crippen molar-refractivity contribution in [1.82, 2.24) is 0 Å². The highest BCUT2D eigenvalue weighted by atomic mass is 35.5. The molecule has 0 bridgehead atoms. The summed E-state index contributed by atoms with van der Waals surface area (Å²) in [5, 5.41) is 0.753. The highest BCUT2D eigenvalue weighted by Crippen LogP contribution is 2.26. The molecule has 18 heavy (non-hydrogen) atoms. The third kappa shape index (κ3) is 5.44. The Balaban J connectivity index is 2.45. The van der Waals surface area contributed by atoms with Gasteiger partial charge >= 0.3 is 6.18 Å². The molecule has 1 atom stereocenters. The molecule has 0 aliphatic rings. The predicted octanol–water partition coefficient (Wildman–Crippen LogP) is 3.44. The molecule has 1 aromatic rings. The van der Waals surface area contributed by atoms with E-state index in [2.05, 4.69) is 4.74 Å². The third-order valence-corrected chi connectivity index (χ3v) is 2.97. The molecule has 2 N–H and O–H groups in total. The van der Waals surface area contributed by atoms with Crippen molar-refractivity contribution in [3.05, 3.63) is 33.8 Å². The van der Waals surface area contributed by atoms with E-state index >= 15 is 0 Å². The molecule has 1 rings (SSSR count). The minimum absolute atomic E-state index is 0.192. The van der Waals surface area contributed by atoms with Crippen LogP contribution in [0.15, 0.2) is 18.2 Å². The molecule has 0 spiro atoms. The van der Waals surface area contributed by atoms with Crippen LogP contribution >= 0.6 is 23.2 Å². The summed E-state index contributed by atoms with van der Waals surface area (Å²) in [6, 6.07) is 4.48. The maximum atomic E-state index is 11.8. The van der Waals surface area contributed by atoms with E-state index in [0.29, 0.717) is 22.0 Å². The second kappa shape index (κ2) is 6.61. The van der Waals surface area contributed by atoms with Gasteiger partial charge in [-0.3, -0.25) is 0 Å². The third-order valence-electron chi connectivity index (χ3n) is 2.11. The van der Waals surface area contributed by atoms with Crippen molar-refractivity contribution in [3.63, 3.8) is 0 Å². The number of halogens is 5. The molecule has 0 saturated heterocycles. The van der Waals surface area contributed by atoms with Crippen molar-refractivity contribution in [2.24, 2.45) is 5.73 Å². The normalized spacial score (nSPS) is 13.7. The standard InChI is InChI=1S/C11H12Cl2F3NO/c12-9-3-1-2-7(10(9)13)4-8(17)5-18-6-11(14,15)16/h1-3,8H,4-6,17H2. The van der Waals surface area contributed by atoms with Crippen molar-refractivity contribution in [1.29, 1.82) is 0 Å². The van der Waals surface area contributed by atoms with Crippen molar-refractivity contribution in [2.45, 2.75) is 18.6 Å². The van der Waals surface area contributed by atoms with Gasteiger partial charge in [0.2, 0.25) is 0 Å². The number of hydrogen-bond acceptors (Lipinski definition) is 2. The summed E-state index contributed by atoms with van der Waals surface area (Å²) in [6.07, 6.45) is -4.04. The van der Waals surface area contributed by atoms with Gasteiger partial charge in [0.15, 0.2) is 0 Å². The largest absolute Gasteiger partial charge is 0.411 e. The van der Waals surface area contributed by atoms with Crippen LogP contribution in [0.4, 0.5) is 13.2 Å². The topological polar surface area (TPSA) is 35.2 Å². The van der Waals surface area contributed by atoms with E-state index in [1.54, 1.807) is 18.2 Å². The Kier molecular flexibility index (Phi) is 5.72. The second-order valence-electron chi connectivity index (χ2n) is 3.81. The summed E-state index contributed by atoms with van der Waals surface area (Å²) >= 11 is 11.7. The zero-order chi connectivity index (χ0) is 13.8. The van der Waals surface area contributed by atoms with E-state index in [9.17, 15) is 13.2 Å². The summed E-state index contributed by atoms with van der Waals surface area (Å²) < 4.78 is 40.0. The molecule has 0 saturated carbocycles. The van der Waals surface area contributed by atoms with Gasteiger partial charge < -0.3 is 10.5 Å². The van der Waals surface area contributed by atoms with Crippen LogP contribution in [0.2, 0.25) is 10.0 Å². The second-order valence-corrected chi connectivity index (χ2v) is 4.59. The van der Waals surface area contributed by atoms with Crippen LogP contribution in [0.1, 0.15) is 5.56 Å². The van der Waals surface area contributed by atoms with Crippen molar-refractivity contribution in [3.8, 4) is 0 Å². The van der Waals surface area contributed by atoms with E-state index < -0.39 is 18.8 Å². The fourth-order valence-electron chi connectivity index (χ4n) is 1.37. The van der Waals surface area contributed by atoms with Crippen LogP contribution in [-0.2, 0) is 11.2 Å². The zero-order valence-electron chi connectivity index (χ0n) is 9.31. The molecule has 1 unspecified atom stereocenters. The lowest BCUT2D eigenvalue weighted by molar-refractivity contribution is -0.174. The number of rotatable bonds is 5. The number of hydrogen-bond donors (Lipinski definition) is 1. The molecule has 0 heterocycles. The fraction of sp³-hybridized carbons (Fsp3) is 0.455. The molecule has 102 valence electrons. The summed E-state index contributed by atoms with van der Waals surface area (Å²) in [7, 11) is 0. The lowest BCUT2D eigenvalue weighted by Crippen LogP contribution is -2.31. The molecule has 0 fully saturated rings. The van der Waals surface area contributed by atoms with E-state index in [4.69, 9.17) is 28.9 Å². The summed E-state index contributed by atoms with van der Waals surface area (Å²) in [5.41, 5.74) is 6.35. The monoisotopic (exact) mass is 301 g/mol. The first kappa shape index (κ1) is 15.6. The van der Waals surface area contributed by atoms with Gasteiger partial charge in [0, 0.05) is 6.04 Å². The van der Waals surface area contributed by atoms with Gasteiger partial charge in [0.05, 0.1) is 16.7 Å². The van der Waals surface area contributed by atoms with Crippen molar-refractivity contribution in [2.75, 3.05) is 13.2 Å². The van der Waals surface area contributed by atoms with Gasteiger partial charge in [0.25, 0.3) is 0 Å². The highest BCUT2D eigenvalue weighted by Gasteiger charge is 2.27. The van der Waals surface area contributed by atoms with Crippen LogP contribution in [0.25, 0.3) is 0 Å². The summed E-state index contributed by atoms with van der Waals surface area (Å²) in [5.74, 6) is 0. The molecule has 0 aromatic heterocycles. The van der Waals surface area contributed by atoms with Crippen LogP contribution in [0.3, 0.4) is 0 Å². The Labute approximate surface area is 113 Å². The lowest BCUT2D eigenvalue weighted by atomic mass is 10.1. The lowest BCUT2D eigenvalue weighted by Gasteiger charge is -2.14. The van der Waals surface area contributed by atoms with Crippen LogP contribution in [-0.4, -0.2) is 25.4 Å². The molecule has 0 amide bonds. The van der Waals surface area contributed by atoms with E-state index in [1.807, 2.05) is 0 Å². The van der Waals surface area contributed by atoms with E-state index in [0.717, 1.165) is 0 Å². The quantitative estimate of drug-likeness (QED) is 0.904. The SMILES string of the molecule is NC(COCC(F)(F)F)Cc1cccc(Cl)c1Cl. The average Bonchev–Trinajstić information content (AvgIpc) is 2.23. The maximum absolute atomic E-state index is 11.8. The molecule has 0 aliphatic carbocycles. The maximum Gasteiger partial charge on any atom is 0.411 e. The Morgan fingerprint density at radius 2 is 1.94 bits per heavy atom. The fourth-order valence-corrected chi connectivity index (χ4v) is 1.77. The molecular weight excluding hydrogens is 290 g/mol. The first-order chi connectivity index (χ1) is 8.29.